The first-order chi connectivity index (χ1) is 6.66. The van der Waals surface area contributed by atoms with Crippen molar-refractivity contribution in [3.63, 3.8) is 0 Å². The molecule has 0 aromatic heterocycles. The molecule has 1 amide bonds. The van der Waals surface area contributed by atoms with Crippen LogP contribution in [-0.2, 0) is 4.74 Å². The van der Waals surface area contributed by atoms with Gasteiger partial charge in [-0.05, 0) is 12.3 Å². The Kier molecular flexibility index (Phi) is 8.39. The lowest BCUT2D eigenvalue weighted by molar-refractivity contribution is 0.133. The molecule has 0 fully saturated rings. The van der Waals surface area contributed by atoms with Crippen LogP contribution in [0.1, 0.15) is 46.5 Å². The Bertz CT molecular complexity index is 146. The van der Waals surface area contributed by atoms with Crippen LogP contribution < -0.4 is 5.32 Å². The standard InChI is InChI=1S/C11H23NO2/c1-4-5-6-7-8-12-11(13)14-9-10(2)3/h10H,4-9H2,1-3H3,(H,12,13). The van der Waals surface area contributed by atoms with E-state index in [9.17, 15) is 4.79 Å². The summed E-state index contributed by atoms with van der Waals surface area (Å²) in [4.78, 5) is 11.0. The van der Waals surface area contributed by atoms with E-state index in [2.05, 4.69) is 12.2 Å². The highest BCUT2D eigenvalue weighted by Crippen LogP contribution is 1.97. The highest BCUT2D eigenvalue weighted by Gasteiger charge is 2.01. The largest absolute Gasteiger partial charge is 0.449 e. The van der Waals surface area contributed by atoms with Crippen molar-refractivity contribution in [2.45, 2.75) is 46.5 Å². The summed E-state index contributed by atoms with van der Waals surface area (Å²) in [7, 11) is 0. The van der Waals surface area contributed by atoms with Gasteiger partial charge in [-0.2, -0.15) is 0 Å². The maximum absolute atomic E-state index is 11.0. The minimum Gasteiger partial charge on any atom is -0.449 e. The number of ether oxygens (including phenoxy) is 1. The van der Waals surface area contributed by atoms with Crippen LogP contribution in [0.15, 0.2) is 0 Å². The number of unbranched alkanes of at least 4 members (excludes halogenated alkanes) is 3. The van der Waals surface area contributed by atoms with Crippen LogP contribution in [0.2, 0.25) is 0 Å². The van der Waals surface area contributed by atoms with Gasteiger partial charge in [-0.15, -0.1) is 0 Å². The van der Waals surface area contributed by atoms with Gasteiger partial charge in [0, 0.05) is 6.54 Å². The molecule has 84 valence electrons. The molecule has 0 saturated heterocycles. The molecule has 0 unspecified atom stereocenters. The van der Waals surface area contributed by atoms with E-state index in [1.807, 2.05) is 13.8 Å². The first kappa shape index (κ1) is 13.3. The normalized spacial score (nSPS) is 10.3. The topological polar surface area (TPSA) is 38.3 Å². The summed E-state index contributed by atoms with van der Waals surface area (Å²) in [6.45, 7) is 7.45. The van der Waals surface area contributed by atoms with Gasteiger partial charge in [0.25, 0.3) is 0 Å². The summed E-state index contributed by atoms with van der Waals surface area (Å²) in [5, 5.41) is 2.74. The fraction of sp³-hybridized carbons (Fsp3) is 0.909. The molecule has 0 spiro atoms. The lowest BCUT2D eigenvalue weighted by Crippen LogP contribution is -2.26. The number of hydrogen-bond donors (Lipinski definition) is 1. The number of nitrogens with one attached hydrogen (secondary N) is 1. The van der Waals surface area contributed by atoms with Crippen molar-refractivity contribution < 1.29 is 9.53 Å². The second-order valence-electron chi connectivity index (χ2n) is 3.98. The van der Waals surface area contributed by atoms with Crippen LogP contribution in [0.3, 0.4) is 0 Å². The molecule has 0 aromatic rings. The van der Waals surface area contributed by atoms with Crippen LogP contribution in [0, 0.1) is 5.92 Å². The average Bonchev–Trinajstić information content (AvgIpc) is 2.14. The number of amides is 1. The predicted molar refractivity (Wildman–Crippen MR) is 58.3 cm³/mol. The first-order valence-electron chi connectivity index (χ1n) is 5.57. The summed E-state index contributed by atoms with van der Waals surface area (Å²) in [6.07, 6.45) is 4.40. The molecule has 0 heterocycles. The Hall–Kier alpha value is -0.730. The molecule has 0 radical (unpaired) electrons. The molecule has 0 rings (SSSR count). The third kappa shape index (κ3) is 9.36. The Labute approximate surface area is 87.2 Å². The van der Waals surface area contributed by atoms with Crippen molar-refractivity contribution in [3.05, 3.63) is 0 Å². The molecule has 1 N–H and O–H groups in total. The number of hydrogen-bond acceptors (Lipinski definition) is 2. The van der Waals surface area contributed by atoms with E-state index >= 15 is 0 Å². The van der Waals surface area contributed by atoms with E-state index < -0.39 is 0 Å². The molecule has 3 heteroatoms. The number of rotatable bonds is 7. The van der Waals surface area contributed by atoms with Gasteiger partial charge in [-0.25, -0.2) is 4.79 Å². The van der Waals surface area contributed by atoms with Gasteiger partial charge in [0.1, 0.15) is 0 Å². The molecule has 3 nitrogen and oxygen atoms in total. The first-order valence-corrected chi connectivity index (χ1v) is 5.57. The maximum atomic E-state index is 11.0. The van der Waals surface area contributed by atoms with Crippen molar-refractivity contribution in [1.29, 1.82) is 0 Å². The highest BCUT2D eigenvalue weighted by atomic mass is 16.5. The summed E-state index contributed by atoms with van der Waals surface area (Å²) in [5.41, 5.74) is 0. The summed E-state index contributed by atoms with van der Waals surface area (Å²) in [5.74, 6) is 0.404. The van der Waals surface area contributed by atoms with Crippen LogP contribution in [0.4, 0.5) is 4.79 Å². The molecule has 0 bridgehead atoms. The van der Waals surface area contributed by atoms with E-state index in [1.165, 1.54) is 19.3 Å². The zero-order valence-corrected chi connectivity index (χ0v) is 9.64. The molecular weight excluding hydrogens is 178 g/mol. The van der Waals surface area contributed by atoms with Crippen LogP contribution in [0.5, 0.6) is 0 Å². The summed E-state index contributed by atoms with van der Waals surface area (Å²) >= 11 is 0. The van der Waals surface area contributed by atoms with Crippen molar-refractivity contribution in [2.75, 3.05) is 13.2 Å². The average molecular weight is 201 g/mol. The Morgan fingerprint density at radius 1 is 1.29 bits per heavy atom. The van der Waals surface area contributed by atoms with Gasteiger partial charge < -0.3 is 10.1 Å². The third-order valence-corrected chi connectivity index (χ3v) is 1.85. The lowest BCUT2D eigenvalue weighted by atomic mass is 10.2. The molecule has 0 saturated carbocycles. The van der Waals surface area contributed by atoms with E-state index in [1.54, 1.807) is 0 Å². The fourth-order valence-corrected chi connectivity index (χ4v) is 1.04. The van der Waals surface area contributed by atoms with Gasteiger partial charge >= 0.3 is 6.09 Å². The second-order valence-corrected chi connectivity index (χ2v) is 3.98. The van der Waals surface area contributed by atoms with E-state index in [0.717, 1.165) is 13.0 Å². The van der Waals surface area contributed by atoms with Crippen molar-refractivity contribution in [3.8, 4) is 0 Å². The van der Waals surface area contributed by atoms with Gasteiger partial charge in [-0.1, -0.05) is 40.0 Å². The predicted octanol–water partition coefficient (Wildman–Crippen LogP) is 2.95. The molecule has 0 atom stereocenters. The molecule has 0 aliphatic rings. The molecule has 0 aromatic carbocycles. The number of alkyl carbamates (subject to hydrolysis) is 1. The summed E-state index contributed by atoms with van der Waals surface area (Å²) < 4.78 is 4.96. The smallest absolute Gasteiger partial charge is 0.407 e. The van der Waals surface area contributed by atoms with Gasteiger partial charge in [0.2, 0.25) is 0 Å². The molecular formula is C11H23NO2. The van der Waals surface area contributed by atoms with Crippen molar-refractivity contribution in [1.82, 2.24) is 5.32 Å². The van der Waals surface area contributed by atoms with Gasteiger partial charge in [0.05, 0.1) is 6.61 Å². The van der Waals surface area contributed by atoms with Crippen molar-refractivity contribution in [2.24, 2.45) is 5.92 Å². The number of carbonyl (C=O) groups is 1. The molecule has 0 aliphatic carbocycles. The fourth-order valence-electron chi connectivity index (χ4n) is 1.04. The summed E-state index contributed by atoms with van der Waals surface area (Å²) in [6, 6.07) is 0. The van der Waals surface area contributed by atoms with Gasteiger partial charge in [-0.3, -0.25) is 0 Å². The molecule has 14 heavy (non-hydrogen) atoms. The quantitative estimate of drug-likeness (QED) is 0.643. The Morgan fingerprint density at radius 2 is 2.00 bits per heavy atom. The minimum absolute atomic E-state index is 0.282. The monoisotopic (exact) mass is 201 g/mol. The number of carbonyl (C=O) groups excluding carboxylic acids is 1. The van der Waals surface area contributed by atoms with E-state index in [0.29, 0.717) is 12.5 Å². The van der Waals surface area contributed by atoms with E-state index in [-0.39, 0.29) is 6.09 Å². The van der Waals surface area contributed by atoms with Crippen molar-refractivity contribution >= 4 is 6.09 Å². The second kappa shape index (κ2) is 8.85. The maximum Gasteiger partial charge on any atom is 0.407 e. The Morgan fingerprint density at radius 3 is 2.57 bits per heavy atom. The van der Waals surface area contributed by atoms with E-state index in [4.69, 9.17) is 4.74 Å². The third-order valence-electron chi connectivity index (χ3n) is 1.85. The van der Waals surface area contributed by atoms with Crippen LogP contribution in [0.25, 0.3) is 0 Å². The molecule has 0 aliphatic heterocycles. The van der Waals surface area contributed by atoms with Crippen LogP contribution in [-0.4, -0.2) is 19.2 Å². The zero-order chi connectivity index (χ0) is 10.8. The minimum atomic E-state index is -0.282. The van der Waals surface area contributed by atoms with Gasteiger partial charge in [0.15, 0.2) is 0 Å². The lowest BCUT2D eigenvalue weighted by Gasteiger charge is -2.08. The highest BCUT2D eigenvalue weighted by molar-refractivity contribution is 5.66. The Balaban J connectivity index is 3.18. The van der Waals surface area contributed by atoms with Crippen LogP contribution >= 0.6 is 0 Å². The SMILES string of the molecule is CCCCCCNC(=O)OCC(C)C. The zero-order valence-electron chi connectivity index (χ0n) is 9.64.